The summed E-state index contributed by atoms with van der Waals surface area (Å²) in [5.41, 5.74) is 1.17. The topological polar surface area (TPSA) is 17.8 Å². The first-order valence-electron chi connectivity index (χ1n) is 9.72. The lowest BCUT2D eigenvalue weighted by Crippen LogP contribution is -2.06. The van der Waals surface area contributed by atoms with E-state index < -0.39 is 0 Å². The van der Waals surface area contributed by atoms with Crippen molar-refractivity contribution in [3.8, 4) is 0 Å². The summed E-state index contributed by atoms with van der Waals surface area (Å²) in [4.78, 5) is 4.75. The zero-order chi connectivity index (χ0) is 16.2. The minimum atomic E-state index is 0.602. The summed E-state index contributed by atoms with van der Waals surface area (Å²) in [6.07, 6.45) is 17.4. The highest BCUT2D eigenvalue weighted by molar-refractivity contribution is 5.06. The Bertz CT molecular complexity index is 381. The molecule has 0 saturated carbocycles. The Hall–Kier alpha value is -0.790. The molecule has 0 aliphatic carbocycles. The van der Waals surface area contributed by atoms with Crippen molar-refractivity contribution < 1.29 is 0 Å². The predicted molar refractivity (Wildman–Crippen MR) is 97.5 cm³/mol. The lowest BCUT2D eigenvalue weighted by atomic mass is 10.0. The van der Waals surface area contributed by atoms with Crippen LogP contribution in [0, 0.1) is 6.92 Å². The van der Waals surface area contributed by atoms with E-state index in [2.05, 4.69) is 38.5 Å². The smallest absolute Gasteiger partial charge is 0.111 e. The summed E-state index contributed by atoms with van der Waals surface area (Å²) in [6, 6.07) is 0. The van der Waals surface area contributed by atoms with Crippen molar-refractivity contribution in [1.29, 1.82) is 0 Å². The van der Waals surface area contributed by atoms with Crippen LogP contribution >= 0.6 is 0 Å². The largest absolute Gasteiger partial charge is 0.334 e. The molecule has 0 aromatic carbocycles. The molecular weight excluding hydrogens is 268 g/mol. The van der Waals surface area contributed by atoms with E-state index in [4.69, 9.17) is 4.98 Å². The molecule has 1 rings (SSSR count). The van der Waals surface area contributed by atoms with E-state index in [-0.39, 0.29) is 0 Å². The first-order valence-corrected chi connectivity index (χ1v) is 9.72. The van der Waals surface area contributed by atoms with Crippen LogP contribution in [0.5, 0.6) is 0 Å². The Morgan fingerprint density at radius 2 is 1.50 bits per heavy atom. The molecule has 22 heavy (non-hydrogen) atoms. The summed E-state index contributed by atoms with van der Waals surface area (Å²) < 4.78 is 2.37. The monoisotopic (exact) mass is 306 g/mol. The van der Waals surface area contributed by atoms with Crippen molar-refractivity contribution in [2.45, 2.75) is 111 Å². The first kappa shape index (κ1) is 19.3. The summed E-state index contributed by atoms with van der Waals surface area (Å²) in [6.45, 7) is 10.1. The van der Waals surface area contributed by atoms with Crippen molar-refractivity contribution in [2.24, 2.45) is 0 Å². The van der Waals surface area contributed by atoms with Crippen LogP contribution in [0.25, 0.3) is 0 Å². The molecule has 0 radical (unpaired) electrons. The third-order valence-electron chi connectivity index (χ3n) is 4.57. The lowest BCUT2D eigenvalue weighted by molar-refractivity contribution is 0.513. The molecule has 0 N–H and O–H groups in total. The van der Waals surface area contributed by atoms with Gasteiger partial charge >= 0.3 is 0 Å². The molecular formula is C20H38N2. The van der Waals surface area contributed by atoms with Crippen LogP contribution in [0.1, 0.15) is 109 Å². The van der Waals surface area contributed by atoms with Crippen LogP contribution in [-0.2, 0) is 6.54 Å². The zero-order valence-electron chi connectivity index (χ0n) is 15.5. The van der Waals surface area contributed by atoms with Crippen LogP contribution < -0.4 is 0 Å². The van der Waals surface area contributed by atoms with Gasteiger partial charge < -0.3 is 4.57 Å². The second-order valence-corrected chi connectivity index (χ2v) is 6.95. The van der Waals surface area contributed by atoms with Crippen molar-refractivity contribution >= 4 is 0 Å². The van der Waals surface area contributed by atoms with Gasteiger partial charge in [0.05, 0.1) is 5.69 Å². The fraction of sp³-hybridized carbons (Fsp3) is 0.850. The molecule has 1 unspecified atom stereocenters. The Labute approximate surface area is 138 Å². The van der Waals surface area contributed by atoms with Gasteiger partial charge in [-0.1, -0.05) is 78.6 Å². The molecule has 0 aliphatic heterocycles. The quantitative estimate of drug-likeness (QED) is 0.374. The molecule has 128 valence electrons. The molecule has 0 aliphatic rings. The summed E-state index contributed by atoms with van der Waals surface area (Å²) in [5, 5.41) is 0. The van der Waals surface area contributed by atoms with Gasteiger partial charge in [0.1, 0.15) is 5.82 Å². The van der Waals surface area contributed by atoms with Crippen molar-refractivity contribution in [3.05, 3.63) is 17.7 Å². The van der Waals surface area contributed by atoms with Crippen LogP contribution in [0.4, 0.5) is 0 Å². The normalized spacial score (nSPS) is 12.7. The molecule has 2 heteroatoms. The second kappa shape index (κ2) is 11.7. The maximum atomic E-state index is 4.75. The van der Waals surface area contributed by atoms with Crippen LogP contribution in [0.15, 0.2) is 6.20 Å². The molecule has 1 aromatic rings. The number of aromatic nitrogens is 2. The standard InChI is InChI=1S/C20H38N2/c1-5-7-8-9-10-11-12-13-14-15-18(3)20-21-19(4)17-22(20)16-6-2/h17-18H,5-16H2,1-4H3. The highest BCUT2D eigenvalue weighted by Crippen LogP contribution is 2.22. The van der Waals surface area contributed by atoms with Crippen molar-refractivity contribution in [1.82, 2.24) is 9.55 Å². The zero-order valence-corrected chi connectivity index (χ0v) is 15.5. The number of unbranched alkanes of at least 4 members (excludes halogenated alkanes) is 8. The van der Waals surface area contributed by atoms with Crippen LogP contribution in [-0.4, -0.2) is 9.55 Å². The predicted octanol–water partition coefficient (Wildman–Crippen LogP) is 6.63. The minimum absolute atomic E-state index is 0.602. The number of hydrogen-bond donors (Lipinski definition) is 0. The van der Waals surface area contributed by atoms with Gasteiger partial charge in [0.15, 0.2) is 0 Å². The Morgan fingerprint density at radius 3 is 2.09 bits per heavy atom. The average molecular weight is 307 g/mol. The Morgan fingerprint density at radius 1 is 0.909 bits per heavy atom. The van der Waals surface area contributed by atoms with Gasteiger partial charge in [-0.2, -0.15) is 0 Å². The maximum Gasteiger partial charge on any atom is 0.111 e. The molecule has 2 nitrogen and oxygen atoms in total. The molecule has 0 saturated heterocycles. The molecule has 0 fully saturated rings. The maximum absolute atomic E-state index is 4.75. The first-order chi connectivity index (χ1) is 10.7. The third kappa shape index (κ3) is 7.47. The minimum Gasteiger partial charge on any atom is -0.334 e. The van der Waals surface area contributed by atoms with E-state index in [9.17, 15) is 0 Å². The van der Waals surface area contributed by atoms with Gasteiger partial charge in [-0.05, 0) is 19.8 Å². The number of imidazole rings is 1. The van der Waals surface area contributed by atoms with E-state index in [1.807, 2.05) is 0 Å². The van der Waals surface area contributed by atoms with Crippen LogP contribution in [0.3, 0.4) is 0 Å². The molecule has 1 aromatic heterocycles. The van der Waals surface area contributed by atoms with E-state index in [0.717, 1.165) is 6.54 Å². The van der Waals surface area contributed by atoms with Gasteiger partial charge in [-0.15, -0.1) is 0 Å². The fourth-order valence-electron chi connectivity index (χ4n) is 3.27. The molecule has 0 spiro atoms. The molecule has 1 heterocycles. The van der Waals surface area contributed by atoms with E-state index in [1.165, 1.54) is 82.1 Å². The van der Waals surface area contributed by atoms with Gasteiger partial charge in [0.2, 0.25) is 0 Å². The number of nitrogens with zero attached hydrogens (tertiary/aromatic N) is 2. The summed E-state index contributed by atoms with van der Waals surface area (Å²) in [7, 11) is 0. The van der Waals surface area contributed by atoms with E-state index >= 15 is 0 Å². The number of aryl methyl sites for hydroxylation is 2. The van der Waals surface area contributed by atoms with Gasteiger partial charge in [0.25, 0.3) is 0 Å². The molecule has 1 atom stereocenters. The highest BCUT2D eigenvalue weighted by atomic mass is 15.1. The lowest BCUT2D eigenvalue weighted by Gasteiger charge is -2.13. The third-order valence-corrected chi connectivity index (χ3v) is 4.57. The van der Waals surface area contributed by atoms with Crippen molar-refractivity contribution in [2.75, 3.05) is 0 Å². The Kier molecular flexibility index (Phi) is 10.3. The number of hydrogen-bond acceptors (Lipinski definition) is 1. The summed E-state index contributed by atoms with van der Waals surface area (Å²) >= 11 is 0. The van der Waals surface area contributed by atoms with Gasteiger partial charge in [0, 0.05) is 18.7 Å². The van der Waals surface area contributed by atoms with Gasteiger partial charge in [-0.25, -0.2) is 4.98 Å². The number of rotatable bonds is 13. The molecule has 0 amide bonds. The second-order valence-electron chi connectivity index (χ2n) is 6.95. The van der Waals surface area contributed by atoms with Crippen molar-refractivity contribution in [3.63, 3.8) is 0 Å². The highest BCUT2D eigenvalue weighted by Gasteiger charge is 2.12. The fourth-order valence-corrected chi connectivity index (χ4v) is 3.27. The van der Waals surface area contributed by atoms with E-state index in [0.29, 0.717) is 5.92 Å². The van der Waals surface area contributed by atoms with Crippen LogP contribution in [0.2, 0.25) is 0 Å². The Balaban J connectivity index is 2.14. The van der Waals surface area contributed by atoms with Gasteiger partial charge in [-0.3, -0.25) is 0 Å². The SMILES string of the molecule is CCCCCCCCCCCC(C)c1nc(C)cn1CCC. The summed E-state index contributed by atoms with van der Waals surface area (Å²) in [5.74, 6) is 1.91. The van der Waals surface area contributed by atoms with E-state index in [1.54, 1.807) is 0 Å². The average Bonchev–Trinajstić information content (AvgIpc) is 2.86. The molecule has 0 bridgehead atoms.